The molecule has 1 heteroatoms. The smallest absolute Gasteiger partial charge is 0.0201 e. The van der Waals surface area contributed by atoms with Gasteiger partial charge in [0.05, 0.1) is 0 Å². The Bertz CT molecular complexity index is 84.6. The van der Waals surface area contributed by atoms with Gasteiger partial charge >= 0.3 is 0 Å². The van der Waals surface area contributed by atoms with E-state index in [1.165, 1.54) is 6.42 Å². The van der Waals surface area contributed by atoms with E-state index in [0.29, 0.717) is 6.04 Å². The number of hydrogen-bond acceptors (Lipinski definition) is 1. The van der Waals surface area contributed by atoms with Crippen molar-refractivity contribution in [3.63, 3.8) is 0 Å². The zero-order valence-electron chi connectivity index (χ0n) is 6.70. The first-order valence-electron chi connectivity index (χ1n) is 3.61. The molecule has 0 aliphatic rings. The quantitative estimate of drug-likeness (QED) is 0.611. The summed E-state index contributed by atoms with van der Waals surface area (Å²) in [5, 5.41) is 3.25. The van der Waals surface area contributed by atoms with Crippen molar-refractivity contribution in [2.45, 2.75) is 39.7 Å². The van der Waals surface area contributed by atoms with Gasteiger partial charge in [0, 0.05) is 11.7 Å². The van der Waals surface area contributed by atoms with E-state index in [-0.39, 0.29) is 0 Å². The molecule has 0 aromatic carbocycles. The summed E-state index contributed by atoms with van der Waals surface area (Å²) in [5.41, 5.74) is 1.16. The molecule has 0 fully saturated rings. The second kappa shape index (κ2) is 4.42. The Morgan fingerprint density at radius 2 is 2.11 bits per heavy atom. The van der Waals surface area contributed by atoms with Crippen LogP contribution < -0.4 is 5.32 Å². The Kier molecular flexibility index (Phi) is 4.20. The van der Waals surface area contributed by atoms with E-state index in [1.807, 2.05) is 0 Å². The second-order valence-corrected chi connectivity index (χ2v) is 2.65. The van der Waals surface area contributed by atoms with Crippen molar-refractivity contribution in [1.82, 2.24) is 5.32 Å². The van der Waals surface area contributed by atoms with Gasteiger partial charge < -0.3 is 5.32 Å². The molecule has 0 rings (SSSR count). The minimum Gasteiger partial charge on any atom is -0.387 e. The van der Waals surface area contributed by atoms with Gasteiger partial charge in [0.15, 0.2) is 0 Å². The highest BCUT2D eigenvalue weighted by atomic mass is 14.9. The van der Waals surface area contributed by atoms with Gasteiger partial charge in [-0.1, -0.05) is 19.9 Å². The third-order valence-electron chi connectivity index (χ3n) is 1.04. The van der Waals surface area contributed by atoms with Crippen LogP contribution in [-0.4, -0.2) is 6.04 Å². The summed E-state index contributed by atoms with van der Waals surface area (Å²) in [6.45, 7) is 10.3. The fourth-order valence-electron chi connectivity index (χ4n) is 0.782. The average Bonchev–Trinajstić information content (AvgIpc) is 1.63. The standard InChI is InChI=1S/C8H17N/c1-5-6-8(4)9-7(2)3/h7,9H,4-6H2,1-3H3. The SMILES string of the molecule is C=C(CCC)NC(C)C. The van der Waals surface area contributed by atoms with E-state index in [0.717, 1.165) is 12.1 Å². The van der Waals surface area contributed by atoms with E-state index in [9.17, 15) is 0 Å². The van der Waals surface area contributed by atoms with Gasteiger partial charge in [0.2, 0.25) is 0 Å². The maximum absolute atomic E-state index is 3.87. The third kappa shape index (κ3) is 5.41. The van der Waals surface area contributed by atoms with Crippen molar-refractivity contribution in [1.29, 1.82) is 0 Å². The molecule has 54 valence electrons. The molecule has 0 aromatic heterocycles. The van der Waals surface area contributed by atoms with Crippen LogP contribution in [0.25, 0.3) is 0 Å². The van der Waals surface area contributed by atoms with Gasteiger partial charge in [-0.15, -0.1) is 0 Å². The van der Waals surface area contributed by atoms with Crippen LogP contribution in [0.3, 0.4) is 0 Å². The largest absolute Gasteiger partial charge is 0.387 e. The molecule has 0 saturated heterocycles. The minimum atomic E-state index is 0.532. The Balaban J connectivity index is 3.27. The van der Waals surface area contributed by atoms with Crippen molar-refractivity contribution in [3.8, 4) is 0 Å². The molecule has 1 N–H and O–H groups in total. The predicted molar refractivity (Wildman–Crippen MR) is 42.3 cm³/mol. The Labute approximate surface area is 58.2 Å². The monoisotopic (exact) mass is 127 g/mol. The average molecular weight is 127 g/mol. The highest BCUT2D eigenvalue weighted by Gasteiger charge is 1.92. The van der Waals surface area contributed by atoms with Crippen molar-refractivity contribution in [2.75, 3.05) is 0 Å². The maximum Gasteiger partial charge on any atom is 0.0201 e. The molecular weight excluding hydrogens is 110 g/mol. The molecule has 0 aliphatic heterocycles. The highest BCUT2D eigenvalue weighted by Crippen LogP contribution is 1.97. The van der Waals surface area contributed by atoms with E-state index >= 15 is 0 Å². The molecule has 0 heterocycles. The molecule has 0 radical (unpaired) electrons. The zero-order chi connectivity index (χ0) is 7.28. The maximum atomic E-state index is 3.87. The molecule has 0 spiro atoms. The first-order chi connectivity index (χ1) is 4.16. The fraction of sp³-hybridized carbons (Fsp3) is 0.750. The summed E-state index contributed by atoms with van der Waals surface area (Å²) in [5.74, 6) is 0. The first-order valence-corrected chi connectivity index (χ1v) is 3.61. The number of nitrogens with one attached hydrogen (secondary N) is 1. The van der Waals surface area contributed by atoms with Crippen molar-refractivity contribution < 1.29 is 0 Å². The van der Waals surface area contributed by atoms with Crippen LogP contribution >= 0.6 is 0 Å². The molecule has 0 amide bonds. The van der Waals surface area contributed by atoms with Crippen LogP contribution in [0.2, 0.25) is 0 Å². The number of allylic oxidation sites excluding steroid dienone is 1. The predicted octanol–water partition coefficient (Wildman–Crippen LogP) is 2.30. The zero-order valence-corrected chi connectivity index (χ0v) is 6.70. The number of hydrogen-bond donors (Lipinski definition) is 1. The van der Waals surface area contributed by atoms with Gasteiger partial charge in [-0.25, -0.2) is 0 Å². The molecule has 0 atom stereocenters. The Morgan fingerprint density at radius 1 is 1.56 bits per heavy atom. The van der Waals surface area contributed by atoms with E-state index in [4.69, 9.17) is 0 Å². The first kappa shape index (κ1) is 8.54. The van der Waals surface area contributed by atoms with Crippen LogP contribution in [0.5, 0.6) is 0 Å². The molecule has 0 aliphatic carbocycles. The van der Waals surface area contributed by atoms with Crippen molar-refractivity contribution in [3.05, 3.63) is 12.3 Å². The summed E-state index contributed by atoms with van der Waals surface area (Å²) in [6, 6.07) is 0.532. The summed E-state index contributed by atoms with van der Waals surface area (Å²) < 4.78 is 0. The lowest BCUT2D eigenvalue weighted by atomic mass is 10.2. The summed E-state index contributed by atoms with van der Waals surface area (Å²) in [7, 11) is 0. The lowest BCUT2D eigenvalue weighted by molar-refractivity contribution is 0.639. The van der Waals surface area contributed by atoms with E-state index in [2.05, 4.69) is 32.7 Å². The second-order valence-electron chi connectivity index (χ2n) is 2.65. The summed E-state index contributed by atoms with van der Waals surface area (Å²) >= 11 is 0. The molecule has 1 nitrogen and oxygen atoms in total. The lowest BCUT2D eigenvalue weighted by Gasteiger charge is -2.10. The van der Waals surface area contributed by atoms with Crippen LogP contribution in [0.1, 0.15) is 33.6 Å². The Morgan fingerprint density at radius 3 is 2.44 bits per heavy atom. The number of rotatable bonds is 4. The molecule has 9 heavy (non-hydrogen) atoms. The van der Waals surface area contributed by atoms with Crippen molar-refractivity contribution in [2.24, 2.45) is 0 Å². The van der Waals surface area contributed by atoms with Crippen LogP contribution in [0, 0.1) is 0 Å². The molecule has 0 unspecified atom stereocenters. The van der Waals surface area contributed by atoms with Crippen LogP contribution in [0.4, 0.5) is 0 Å². The topological polar surface area (TPSA) is 12.0 Å². The van der Waals surface area contributed by atoms with Gasteiger partial charge in [-0.3, -0.25) is 0 Å². The summed E-state index contributed by atoms with van der Waals surface area (Å²) in [6.07, 6.45) is 2.27. The minimum absolute atomic E-state index is 0.532. The van der Waals surface area contributed by atoms with Gasteiger partial charge in [0.1, 0.15) is 0 Å². The van der Waals surface area contributed by atoms with Gasteiger partial charge in [0.25, 0.3) is 0 Å². The molecular formula is C8H17N. The molecule has 0 aromatic rings. The third-order valence-corrected chi connectivity index (χ3v) is 1.04. The fourth-order valence-corrected chi connectivity index (χ4v) is 0.782. The Hall–Kier alpha value is -0.460. The molecule has 0 bridgehead atoms. The molecule has 0 saturated carbocycles. The van der Waals surface area contributed by atoms with E-state index < -0.39 is 0 Å². The highest BCUT2D eigenvalue weighted by molar-refractivity contribution is 4.91. The van der Waals surface area contributed by atoms with Gasteiger partial charge in [-0.05, 0) is 20.3 Å². The van der Waals surface area contributed by atoms with Crippen LogP contribution in [0.15, 0.2) is 12.3 Å². The van der Waals surface area contributed by atoms with E-state index in [1.54, 1.807) is 0 Å². The summed E-state index contributed by atoms with van der Waals surface area (Å²) in [4.78, 5) is 0. The lowest BCUT2D eigenvalue weighted by Crippen LogP contribution is -2.20. The normalized spacial score (nSPS) is 9.78. The van der Waals surface area contributed by atoms with Gasteiger partial charge in [-0.2, -0.15) is 0 Å². The van der Waals surface area contributed by atoms with Crippen LogP contribution in [-0.2, 0) is 0 Å². The van der Waals surface area contributed by atoms with Crippen molar-refractivity contribution >= 4 is 0 Å².